The number of halogens is 3. The van der Waals surface area contributed by atoms with Crippen molar-refractivity contribution in [1.82, 2.24) is 19.3 Å². The summed E-state index contributed by atoms with van der Waals surface area (Å²) >= 11 is 0. The number of aromatic amines is 1. The van der Waals surface area contributed by atoms with E-state index in [9.17, 15) is 34.8 Å². The Hall–Kier alpha value is -6.67. The van der Waals surface area contributed by atoms with Crippen molar-refractivity contribution < 1.29 is 62.7 Å². The van der Waals surface area contributed by atoms with E-state index in [1.54, 1.807) is 30.7 Å². The topological polar surface area (TPSA) is 329 Å². The van der Waals surface area contributed by atoms with Crippen molar-refractivity contribution in [2.24, 2.45) is 16.5 Å². The predicted molar refractivity (Wildman–Crippen MR) is 270 cm³/mol. The zero-order valence-electron chi connectivity index (χ0n) is 41.7. The van der Waals surface area contributed by atoms with E-state index in [0.717, 1.165) is 21.2 Å². The van der Waals surface area contributed by atoms with Gasteiger partial charge in [0.05, 0.1) is 44.4 Å². The number of nitriles is 1. The number of H-pyrrole nitrogens is 1. The molecule has 3 aliphatic heterocycles. The lowest BCUT2D eigenvalue weighted by atomic mass is 9.80. The fourth-order valence-corrected chi connectivity index (χ4v) is 8.62. The molecular weight excluding hydrogens is 984 g/mol. The second-order valence-electron chi connectivity index (χ2n) is 17.4. The van der Waals surface area contributed by atoms with Crippen LogP contribution in [0.25, 0.3) is 5.52 Å². The van der Waals surface area contributed by atoms with Crippen molar-refractivity contribution in [1.29, 1.82) is 5.26 Å². The SMILES string of the molecule is CCO.CC[B]F.C[C@@]1(O)[C@H](O)[C@@H](CO)O[C@@]1(C#N)c1ccc2c(=O)[nH]c(N)nn12.C[C@@]1(OCc2ccccc2)[C@H](OCc2ccccc2)[C@@H](COCc2ccccc2)O[C@@]1(O)c1ccc2n1NC(N)=NC2N.FF. The quantitative estimate of drug-likeness (QED) is 0.0700. The Kier molecular flexibility index (Phi) is 21.1. The molecule has 0 spiro atoms. The van der Waals surface area contributed by atoms with E-state index < -0.39 is 65.3 Å². The molecule has 21 nitrogen and oxygen atoms in total. The fraction of sp³-hybridized carbons (Fsp3) is 0.400. The number of nitrogens with one attached hydrogen (secondary N) is 2. The normalized spacial score (nSPS) is 26.2. The van der Waals surface area contributed by atoms with Crippen molar-refractivity contribution in [3.63, 3.8) is 0 Å². The van der Waals surface area contributed by atoms with Gasteiger partial charge >= 0.3 is 7.56 Å². The van der Waals surface area contributed by atoms with E-state index in [1.807, 2.05) is 104 Å². The Balaban J connectivity index is 0.000000272. The van der Waals surface area contributed by atoms with Crippen LogP contribution in [0.4, 0.5) is 19.4 Å². The monoisotopic (exact) mass is 1050 g/mol. The van der Waals surface area contributed by atoms with E-state index >= 15 is 0 Å². The van der Waals surface area contributed by atoms with Crippen molar-refractivity contribution >= 4 is 25.0 Å². The molecule has 2 saturated heterocycles. The summed E-state index contributed by atoms with van der Waals surface area (Å²) in [7, 11) is 0.625. The van der Waals surface area contributed by atoms with Gasteiger partial charge in [-0.1, -0.05) is 97.9 Å². The van der Waals surface area contributed by atoms with Crippen LogP contribution in [-0.2, 0) is 54.9 Å². The highest BCUT2D eigenvalue weighted by molar-refractivity contribution is 6.25. The van der Waals surface area contributed by atoms with Gasteiger partial charge in [-0.05, 0) is 68.0 Å². The minimum absolute atomic E-state index is 0.0211. The molecule has 403 valence electrons. The van der Waals surface area contributed by atoms with Gasteiger partial charge in [0, 0.05) is 15.8 Å². The summed E-state index contributed by atoms with van der Waals surface area (Å²) in [4.78, 5) is 18.4. The van der Waals surface area contributed by atoms with Gasteiger partial charge in [0.1, 0.15) is 53.5 Å². The Morgan fingerprint density at radius 3 is 1.92 bits per heavy atom. The van der Waals surface area contributed by atoms with Crippen LogP contribution in [0.5, 0.6) is 0 Å². The van der Waals surface area contributed by atoms with Gasteiger partial charge < -0.3 is 70.7 Å². The molecule has 3 aliphatic rings. The average Bonchev–Trinajstić information content (AvgIpc) is 4.15. The smallest absolute Gasteiger partial charge is 0.354 e. The first kappa shape index (κ1) is 59.2. The summed E-state index contributed by atoms with van der Waals surface area (Å²) in [5.41, 5.74) is 18.8. The third kappa shape index (κ3) is 12.7. The van der Waals surface area contributed by atoms with Crippen LogP contribution in [0.3, 0.4) is 0 Å². The second-order valence-corrected chi connectivity index (χ2v) is 17.4. The van der Waals surface area contributed by atoms with Crippen molar-refractivity contribution in [3.8, 4) is 6.07 Å². The number of nitrogens with zero attached hydrogens (tertiary/aromatic N) is 5. The van der Waals surface area contributed by atoms with Crippen LogP contribution in [0.1, 0.15) is 67.6 Å². The number of benzene rings is 3. The third-order valence-electron chi connectivity index (χ3n) is 12.3. The van der Waals surface area contributed by atoms with E-state index in [-0.39, 0.29) is 49.5 Å². The van der Waals surface area contributed by atoms with E-state index in [0.29, 0.717) is 31.9 Å². The molecular formula is C50H63BF3N10O11. The number of hydrogen-bond acceptors (Lipinski definition) is 18. The molecule has 2 fully saturated rings. The number of rotatable bonds is 14. The maximum Gasteiger partial charge on any atom is 0.354 e. The highest BCUT2D eigenvalue weighted by Crippen LogP contribution is 2.51. The summed E-state index contributed by atoms with van der Waals surface area (Å²) in [6, 6.07) is 37.6. The molecule has 0 aliphatic carbocycles. The summed E-state index contributed by atoms with van der Waals surface area (Å²) in [5.74, 6) is -2.08. The third-order valence-corrected chi connectivity index (χ3v) is 12.3. The molecule has 3 aromatic heterocycles. The molecule has 6 aromatic rings. The highest BCUT2D eigenvalue weighted by Gasteiger charge is 2.68. The van der Waals surface area contributed by atoms with Crippen LogP contribution in [-0.4, -0.2) is 114 Å². The lowest BCUT2D eigenvalue weighted by molar-refractivity contribution is -0.294. The van der Waals surface area contributed by atoms with Crippen LogP contribution < -0.4 is 28.2 Å². The Bertz CT molecular complexity index is 2850. The van der Waals surface area contributed by atoms with E-state index in [1.165, 1.54) is 19.1 Å². The number of aliphatic hydroxyl groups excluding tert-OH is 3. The predicted octanol–water partition coefficient (Wildman–Crippen LogP) is 3.32. The van der Waals surface area contributed by atoms with Gasteiger partial charge in [-0.3, -0.25) is 19.9 Å². The summed E-state index contributed by atoms with van der Waals surface area (Å²) in [6.45, 7) is 7.10. The number of anilines is 1. The standard InChI is InChI=1S/C33H37N5O5.C13H15N5O5.C2H5BF.C2H6O.F2/c1-32(42-21-25-15-9-4-10-16-25)29(41-20-24-13-7-3-8-14-24)27(22-40-19-23-11-5-2-6-12-23)43-33(32,39)28-18-17-26-30(34)36-31(35)37-38(26)28;1-12(22)9(20)7(4-19)23-13(12,5-14)8-3-2-6-10(21)16-11(15)17-18(6)8;1-2-3-4;1-2-3;1-2/h2-18,27,29-30,39H,19-22,34H2,1H3,(H3,35,36,37);2-3,7,9,19-20,22H,4H2,1H3,(H3,15,16,17,21);2H2,1H3;3H,2H2,1H3;/t27-,29-,30?,32-,33+;7-,9-,12-,13+;;;/m11.../s1. The average molecular weight is 1050 g/mol. The Morgan fingerprint density at radius 2 is 1.39 bits per heavy atom. The van der Waals surface area contributed by atoms with Crippen molar-refractivity contribution in [3.05, 3.63) is 159 Å². The second kappa shape index (κ2) is 26.7. The molecule has 9 rings (SSSR count). The van der Waals surface area contributed by atoms with Gasteiger partial charge in [0.25, 0.3) is 5.56 Å². The van der Waals surface area contributed by atoms with Crippen LogP contribution >= 0.6 is 0 Å². The lowest BCUT2D eigenvalue weighted by Gasteiger charge is -2.41. The number of aliphatic imine (C=N–C) groups is 1. The van der Waals surface area contributed by atoms with Crippen molar-refractivity contribution in [2.75, 3.05) is 31.0 Å². The van der Waals surface area contributed by atoms with Gasteiger partial charge in [0.2, 0.25) is 23.3 Å². The first-order chi connectivity index (χ1) is 36.0. The van der Waals surface area contributed by atoms with Crippen LogP contribution in [0.2, 0.25) is 6.32 Å². The fourth-order valence-electron chi connectivity index (χ4n) is 8.62. The van der Waals surface area contributed by atoms with Crippen LogP contribution in [0.15, 0.2) is 125 Å². The molecule has 0 amide bonds. The lowest BCUT2D eigenvalue weighted by Crippen LogP contribution is -2.56. The molecule has 25 heteroatoms. The minimum atomic E-state index is -2.05. The number of nitrogens with two attached hydrogens (primary N) is 3. The summed E-state index contributed by atoms with van der Waals surface area (Å²) in [5, 5.41) is 64.0. The highest BCUT2D eigenvalue weighted by atomic mass is 20.0. The summed E-state index contributed by atoms with van der Waals surface area (Å²) < 4.78 is 60.8. The van der Waals surface area contributed by atoms with E-state index in [2.05, 4.69) is 20.5 Å². The molecule has 75 heavy (non-hydrogen) atoms. The molecule has 13 N–H and O–H groups in total. The first-order valence-electron chi connectivity index (χ1n) is 23.6. The van der Waals surface area contributed by atoms with Crippen molar-refractivity contribution in [2.45, 2.75) is 107 Å². The Morgan fingerprint density at radius 1 is 0.840 bits per heavy atom. The zero-order chi connectivity index (χ0) is 55.0. The van der Waals surface area contributed by atoms with Gasteiger partial charge in [-0.25, -0.2) is 9.51 Å². The minimum Gasteiger partial charge on any atom is -0.397 e. The van der Waals surface area contributed by atoms with Gasteiger partial charge in [0.15, 0.2) is 5.60 Å². The molecule has 1 unspecified atom stereocenters. The number of aromatic nitrogens is 4. The molecule has 0 saturated carbocycles. The summed E-state index contributed by atoms with van der Waals surface area (Å²) in [6.07, 6.45) is -4.32. The zero-order valence-corrected chi connectivity index (χ0v) is 41.7. The molecule has 0 bridgehead atoms. The first-order valence-corrected chi connectivity index (χ1v) is 23.6. The van der Waals surface area contributed by atoms with Gasteiger partial charge in [-0.15, -0.1) is 5.10 Å². The number of aliphatic hydroxyl groups is 5. The van der Waals surface area contributed by atoms with E-state index in [4.69, 9.17) is 55.1 Å². The molecule has 3 aromatic carbocycles. The number of nitrogen functional groups attached to an aromatic ring is 1. The number of guanidine groups is 1. The number of hydrogen-bond donors (Lipinski definition) is 10. The molecule has 1 radical (unpaired) electrons. The number of fused-ring (bicyclic) bond motifs is 2. The maximum atomic E-state index is 12.7. The maximum absolute atomic E-state index is 12.7. The largest absolute Gasteiger partial charge is 0.397 e. The number of ether oxygens (including phenoxy) is 5. The molecule has 9 atom stereocenters. The van der Waals surface area contributed by atoms with Crippen LogP contribution in [0, 0.1) is 11.3 Å². The van der Waals surface area contributed by atoms with Gasteiger partial charge in [-0.2, -0.15) is 5.26 Å². The molecule has 6 heterocycles. The Labute approximate surface area is 431 Å².